The van der Waals surface area contributed by atoms with Gasteiger partial charge >= 0.3 is 0 Å². The molecule has 1 N–H and O–H groups in total. The van der Waals surface area contributed by atoms with Gasteiger partial charge in [-0.05, 0) is 54.0 Å². The van der Waals surface area contributed by atoms with Crippen molar-refractivity contribution in [3.63, 3.8) is 0 Å². The van der Waals surface area contributed by atoms with Gasteiger partial charge in [0.1, 0.15) is 5.82 Å². The van der Waals surface area contributed by atoms with Gasteiger partial charge in [0, 0.05) is 25.4 Å². The minimum Gasteiger partial charge on any atom is -0.356 e. The lowest BCUT2D eigenvalue weighted by atomic mass is 9.85. The van der Waals surface area contributed by atoms with Crippen molar-refractivity contribution in [2.24, 2.45) is 5.92 Å². The largest absolute Gasteiger partial charge is 0.356 e. The van der Waals surface area contributed by atoms with Gasteiger partial charge in [0.15, 0.2) is 0 Å². The number of rotatable bonds is 8. The average Bonchev–Trinajstić information content (AvgIpc) is 2.58. The third-order valence-corrected chi connectivity index (χ3v) is 4.20. The van der Waals surface area contributed by atoms with Crippen molar-refractivity contribution in [2.45, 2.75) is 39.0 Å². The fourth-order valence-corrected chi connectivity index (χ4v) is 2.79. The van der Waals surface area contributed by atoms with Crippen LogP contribution in [-0.4, -0.2) is 17.4 Å². The number of hydrogen-bond acceptors (Lipinski definition) is 2. The maximum absolute atomic E-state index is 13.1. The molecule has 4 heteroatoms. The summed E-state index contributed by atoms with van der Waals surface area (Å²) in [7, 11) is 0. The number of carbonyl (C=O) groups excluding carboxylic acids is 1. The minimum absolute atomic E-state index is 0.0456. The van der Waals surface area contributed by atoms with Crippen molar-refractivity contribution >= 4 is 5.91 Å². The van der Waals surface area contributed by atoms with E-state index in [1.54, 1.807) is 18.3 Å². The van der Waals surface area contributed by atoms with Crippen molar-refractivity contribution in [1.29, 1.82) is 0 Å². The van der Waals surface area contributed by atoms with Crippen LogP contribution in [0.15, 0.2) is 48.8 Å². The second-order valence-electron chi connectivity index (χ2n) is 6.42. The van der Waals surface area contributed by atoms with Gasteiger partial charge < -0.3 is 5.32 Å². The van der Waals surface area contributed by atoms with Crippen LogP contribution in [0.3, 0.4) is 0 Å². The highest BCUT2D eigenvalue weighted by atomic mass is 19.1. The van der Waals surface area contributed by atoms with Gasteiger partial charge in [0.25, 0.3) is 0 Å². The fraction of sp³-hybridized carbons (Fsp3) is 0.400. The smallest absolute Gasteiger partial charge is 0.220 e. The fourth-order valence-electron chi connectivity index (χ4n) is 2.79. The number of amides is 1. The number of aromatic nitrogens is 1. The normalized spacial score (nSPS) is 12.2. The second-order valence-corrected chi connectivity index (χ2v) is 6.42. The van der Waals surface area contributed by atoms with Crippen molar-refractivity contribution in [3.8, 4) is 0 Å². The predicted molar refractivity (Wildman–Crippen MR) is 94.2 cm³/mol. The Kier molecular flexibility index (Phi) is 6.91. The van der Waals surface area contributed by atoms with Crippen molar-refractivity contribution in [2.75, 3.05) is 6.54 Å². The molecular weight excluding hydrogens is 303 g/mol. The SMILES string of the molecule is CC(C)C(CC(=O)NCCCc1cccnc1)c1ccc(F)cc1. The summed E-state index contributed by atoms with van der Waals surface area (Å²) in [5.74, 6) is 0.214. The van der Waals surface area contributed by atoms with Crippen LogP contribution in [-0.2, 0) is 11.2 Å². The molecule has 3 nitrogen and oxygen atoms in total. The van der Waals surface area contributed by atoms with Gasteiger partial charge in [-0.2, -0.15) is 0 Å². The van der Waals surface area contributed by atoms with Gasteiger partial charge in [-0.25, -0.2) is 4.39 Å². The summed E-state index contributed by atoms with van der Waals surface area (Å²) < 4.78 is 13.1. The molecule has 1 atom stereocenters. The summed E-state index contributed by atoms with van der Waals surface area (Å²) >= 11 is 0. The highest BCUT2D eigenvalue weighted by Crippen LogP contribution is 2.27. The van der Waals surface area contributed by atoms with Gasteiger partial charge in [-0.1, -0.05) is 32.0 Å². The molecule has 2 aromatic rings. The van der Waals surface area contributed by atoms with Crippen molar-refractivity contribution in [3.05, 3.63) is 65.7 Å². The molecule has 0 aliphatic carbocycles. The molecule has 1 aromatic carbocycles. The number of nitrogens with zero attached hydrogens (tertiary/aromatic N) is 1. The van der Waals surface area contributed by atoms with Crippen LogP contribution < -0.4 is 5.32 Å². The van der Waals surface area contributed by atoms with Crippen LogP contribution in [0, 0.1) is 11.7 Å². The van der Waals surface area contributed by atoms with E-state index in [0.29, 0.717) is 18.9 Å². The summed E-state index contributed by atoms with van der Waals surface area (Å²) in [5.41, 5.74) is 2.19. The molecule has 0 aliphatic heterocycles. The van der Waals surface area contributed by atoms with Gasteiger partial charge in [-0.3, -0.25) is 9.78 Å². The van der Waals surface area contributed by atoms with E-state index in [1.807, 2.05) is 18.3 Å². The molecule has 1 amide bonds. The third kappa shape index (κ3) is 5.76. The quantitative estimate of drug-likeness (QED) is 0.741. The van der Waals surface area contributed by atoms with E-state index in [-0.39, 0.29) is 17.6 Å². The van der Waals surface area contributed by atoms with Crippen LogP contribution >= 0.6 is 0 Å². The van der Waals surface area contributed by atoms with Crippen LogP contribution in [0.4, 0.5) is 4.39 Å². The average molecular weight is 328 g/mol. The summed E-state index contributed by atoms with van der Waals surface area (Å²) in [6, 6.07) is 10.4. The first-order valence-corrected chi connectivity index (χ1v) is 8.47. The molecule has 0 saturated heterocycles. The Hall–Kier alpha value is -2.23. The lowest BCUT2D eigenvalue weighted by molar-refractivity contribution is -0.121. The predicted octanol–water partition coefficient (Wildman–Crippen LogP) is 4.10. The van der Waals surface area contributed by atoms with Gasteiger partial charge in [0.05, 0.1) is 0 Å². The molecule has 0 radical (unpaired) electrons. The molecule has 1 unspecified atom stereocenters. The number of pyridine rings is 1. The topological polar surface area (TPSA) is 42.0 Å². The number of carbonyl (C=O) groups is 1. The number of aryl methyl sites for hydroxylation is 1. The maximum Gasteiger partial charge on any atom is 0.220 e. The first-order chi connectivity index (χ1) is 11.6. The van der Waals surface area contributed by atoms with Crippen molar-refractivity contribution < 1.29 is 9.18 Å². The molecule has 0 aliphatic rings. The maximum atomic E-state index is 13.1. The minimum atomic E-state index is -0.249. The molecular formula is C20H25FN2O. The number of hydrogen-bond donors (Lipinski definition) is 1. The standard InChI is InChI=1S/C20H25FN2O/c1-15(2)19(17-7-9-18(21)10-8-17)13-20(24)23-12-4-6-16-5-3-11-22-14-16/h3,5,7-11,14-15,19H,4,6,12-13H2,1-2H3,(H,23,24). The summed E-state index contributed by atoms with van der Waals surface area (Å²) in [6.07, 6.45) is 5.83. The number of benzene rings is 1. The Morgan fingerprint density at radius 2 is 1.96 bits per heavy atom. The first-order valence-electron chi connectivity index (χ1n) is 8.47. The Bertz CT molecular complexity index is 626. The zero-order valence-corrected chi connectivity index (χ0v) is 14.3. The lowest BCUT2D eigenvalue weighted by Gasteiger charge is -2.21. The summed E-state index contributed by atoms with van der Waals surface area (Å²) in [6.45, 7) is 4.83. The van der Waals surface area contributed by atoms with Crippen LogP contribution in [0.5, 0.6) is 0 Å². The number of nitrogens with one attached hydrogen (secondary N) is 1. The molecule has 128 valence electrons. The Morgan fingerprint density at radius 3 is 2.58 bits per heavy atom. The number of halogens is 1. The third-order valence-electron chi connectivity index (χ3n) is 4.20. The Morgan fingerprint density at radius 1 is 1.21 bits per heavy atom. The molecule has 1 heterocycles. The van der Waals surface area contributed by atoms with E-state index >= 15 is 0 Å². The molecule has 1 aromatic heterocycles. The molecule has 2 rings (SSSR count). The van der Waals surface area contributed by atoms with E-state index in [9.17, 15) is 9.18 Å². The van der Waals surface area contributed by atoms with E-state index in [0.717, 1.165) is 18.4 Å². The monoisotopic (exact) mass is 328 g/mol. The summed E-state index contributed by atoms with van der Waals surface area (Å²) in [5, 5.41) is 2.99. The van der Waals surface area contributed by atoms with Crippen LogP contribution in [0.1, 0.15) is 43.7 Å². The molecule has 0 fully saturated rings. The molecule has 24 heavy (non-hydrogen) atoms. The Balaban J connectivity index is 1.79. The summed E-state index contributed by atoms with van der Waals surface area (Å²) in [4.78, 5) is 16.3. The Labute approximate surface area is 143 Å². The van der Waals surface area contributed by atoms with Crippen LogP contribution in [0.2, 0.25) is 0 Å². The van der Waals surface area contributed by atoms with E-state index in [2.05, 4.69) is 24.1 Å². The zero-order chi connectivity index (χ0) is 17.4. The first kappa shape index (κ1) is 18.1. The highest BCUT2D eigenvalue weighted by Gasteiger charge is 2.19. The molecule has 0 saturated carbocycles. The highest BCUT2D eigenvalue weighted by molar-refractivity contribution is 5.76. The van der Waals surface area contributed by atoms with Gasteiger partial charge in [-0.15, -0.1) is 0 Å². The van der Waals surface area contributed by atoms with E-state index in [4.69, 9.17) is 0 Å². The van der Waals surface area contributed by atoms with Gasteiger partial charge in [0.2, 0.25) is 5.91 Å². The van der Waals surface area contributed by atoms with Crippen molar-refractivity contribution in [1.82, 2.24) is 10.3 Å². The second kappa shape index (κ2) is 9.16. The molecule has 0 bridgehead atoms. The zero-order valence-electron chi connectivity index (χ0n) is 14.3. The van der Waals surface area contributed by atoms with E-state index < -0.39 is 0 Å². The van der Waals surface area contributed by atoms with E-state index in [1.165, 1.54) is 17.7 Å². The lowest BCUT2D eigenvalue weighted by Crippen LogP contribution is -2.27. The molecule has 0 spiro atoms. The van der Waals surface area contributed by atoms with Crippen LogP contribution in [0.25, 0.3) is 0 Å².